The second-order valence-electron chi connectivity index (χ2n) is 9.20. The second-order valence-corrected chi connectivity index (χ2v) is 11.1. The molecule has 2 aromatic rings. The molecule has 1 aromatic carbocycles. The number of carbonyl (C=O) groups is 1. The molecule has 1 fully saturated rings. The van der Waals surface area contributed by atoms with Crippen molar-refractivity contribution in [1.82, 2.24) is 14.2 Å². The van der Waals surface area contributed by atoms with Crippen LogP contribution in [0.25, 0.3) is 0 Å². The second kappa shape index (κ2) is 8.24. The average molecular weight is 444 g/mol. The van der Waals surface area contributed by atoms with Gasteiger partial charge in [0.15, 0.2) is 0 Å². The zero-order chi connectivity index (χ0) is 22.2. The van der Waals surface area contributed by atoms with Gasteiger partial charge in [-0.25, -0.2) is 8.42 Å². The number of likely N-dealkylation sites (tertiary alicyclic amines) is 1. The van der Waals surface area contributed by atoms with Crippen LogP contribution in [0.2, 0.25) is 0 Å². The Hall–Kier alpha value is -2.45. The van der Waals surface area contributed by atoms with Gasteiger partial charge in [0.2, 0.25) is 15.9 Å². The fourth-order valence-electron chi connectivity index (χ4n) is 4.31. The fourth-order valence-corrected chi connectivity index (χ4v) is 6.10. The minimum absolute atomic E-state index is 0.0750. The molecule has 8 heteroatoms. The van der Waals surface area contributed by atoms with Gasteiger partial charge in [0.25, 0.3) is 0 Å². The van der Waals surface area contributed by atoms with E-state index in [4.69, 9.17) is 4.74 Å². The first-order chi connectivity index (χ1) is 14.7. The number of nitrogens with zero attached hydrogens (tertiary/aromatic N) is 3. The van der Waals surface area contributed by atoms with Gasteiger partial charge in [-0.1, -0.05) is 39.0 Å². The van der Waals surface area contributed by atoms with Crippen molar-refractivity contribution in [2.24, 2.45) is 5.41 Å². The number of para-hydroxylation sites is 1. The number of ether oxygens (including phenoxy) is 1. The molecule has 0 bridgehead atoms. The van der Waals surface area contributed by atoms with Crippen molar-refractivity contribution in [3.8, 4) is 5.75 Å². The van der Waals surface area contributed by atoms with Crippen LogP contribution in [0, 0.1) is 5.41 Å². The van der Waals surface area contributed by atoms with Crippen LogP contribution in [0.4, 0.5) is 0 Å². The van der Waals surface area contributed by atoms with E-state index in [0.717, 1.165) is 5.56 Å². The summed E-state index contributed by atoms with van der Waals surface area (Å²) in [6, 6.07) is 10.1. The summed E-state index contributed by atoms with van der Waals surface area (Å²) >= 11 is 0. The Kier molecular flexibility index (Phi) is 5.79. The number of carbonyl (C=O) groups excluding carboxylic acids is 1. The molecule has 3 heterocycles. The lowest BCUT2D eigenvalue weighted by Gasteiger charge is -2.32. The first kappa shape index (κ1) is 21.8. The maximum absolute atomic E-state index is 13.7. The first-order valence-electron chi connectivity index (χ1n) is 10.6. The number of benzene rings is 1. The molecule has 166 valence electrons. The third-order valence-electron chi connectivity index (χ3n) is 5.88. The van der Waals surface area contributed by atoms with Gasteiger partial charge in [-0.15, -0.1) is 0 Å². The zero-order valence-electron chi connectivity index (χ0n) is 18.2. The Balaban J connectivity index is 1.73. The number of sulfonamides is 1. The van der Waals surface area contributed by atoms with Gasteiger partial charge in [-0.2, -0.15) is 4.31 Å². The number of hydrogen-bond donors (Lipinski definition) is 0. The van der Waals surface area contributed by atoms with E-state index in [2.05, 4.69) is 4.98 Å². The van der Waals surface area contributed by atoms with Crippen molar-refractivity contribution in [1.29, 1.82) is 0 Å². The van der Waals surface area contributed by atoms with Crippen molar-refractivity contribution in [2.75, 3.05) is 13.1 Å². The Labute approximate surface area is 184 Å². The standard InChI is InChI=1S/C23H29N3O4S/c1-23(2,3)22(27)25-13-10-18-19(11-14-25)30-20-8-4-5-9-21(20)31(28,29)26(18)16-17-7-6-12-24-15-17/h4-9,12,15,18-19H,10-11,13-14,16H2,1-3H3/t18-,19-/m0/s1. The van der Waals surface area contributed by atoms with E-state index in [1.54, 1.807) is 47.0 Å². The summed E-state index contributed by atoms with van der Waals surface area (Å²) in [5, 5.41) is 0. The minimum atomic E-state index is -3.79. The molecular weight excluding hydrogens is 414 g/mol. The summed E-state index contributed by atoms with van der Waals surface area (Å²) in [6.07, 6.45) is 4.10. The summed E-state index contributed by atoms with van der Waals surface area (Å²) in [5.41, 5.74) is 0.331. The highest BCUT2D eigenvalue weighted by Crippen LogP contribution is 2.37. The molecule has 0 N–H and O–H groups in total. The van der Waals surface area contributed by atoms with Crippen LogP contribution in [0.5, 0.6) is 5.75 Å². The number of hydrogen-bond acceptors (Lipinski definition) is 5. The van der Waals surface area contributed by atoms with Crippen LogP contribution in [-0.2, 0) is 21.4 Å². The molecule has 1 aromatic heterocycles. The Morgan fingerprint density at radius 3 is 2.58 bits per heavy atom. The summed E-state index contributed by atoms with van der Waals surface area (Å²) in [5.74, 6) is 0.452. The minimum Gasteiger partial charge on any atom is -0.487 e. The summed E-state index contributed by atoms with van der Waals surface area (Å²) in [7, 11) is -3.79. The first-order valence-corrected chi connectivity index (χ1v) is 12.1. The Morgan fingerprint density at radius 1 is 1.13 bits per heavy atom. The molecule has 0 unspecified atom stereocenters. The van der Waals surface area contributed by atoms with Crippen LogP contribution >= 0.6 is 0 Å². The zero-order valence-corrected chi connectivity index (χ0v) is 19.0. The molecule has 0 aliphatic carbocycles. The van der Waals surface area contributed by atoms with Crippen LogP contribution in [0.15, 0.2) is 53.7 Å². The summed E-state index contributed by atoms with van der Waals surface area (Å²) in [6.45, 7) is 6.97. The van der Waals surface area contributed by atoms with E-state index < -0.39 is 15.4 Å². The van der Waals surface area contributed by atoms with Gasteiger partial charge in [-0.3, -0.25) is 9.78 Å². The van der Waals surface area contributed by atoms with Crippen molar-refractivity contribution in [2.45, 2.75) is 57.2 Å². The van der Waals surface area contributed by atoms with Gasteiger partial charge in [0, 0.05) is 43.9 Å². The predicted octanol–water partition coefficient (Wildman–Crippen LogP) is 3.07. The lowest BCUT2D eigenvalue weighted by molar-refractivity contribution is -0.139. The van der Waals surface area contributed by atoms with Gasteiger partial charge in [0.1, 0.15) is 16.7 Å². The molecule has 4 rings (SSSR count). The molecule has 0 saturated carbocycles. The van der Waals surface area contributed by atoms with Crippen LogP contribution < -0.4 is 4.74 Å². The van der Waals surface area contributed by atoms with Crippen LogP contribution in [0.3, 0.4) is 0 Å². The average Bonchev–Trinajstić information content (AvgIpc) is 2.98. The van der Waals surface area contributed by atoms with E-state index in [1.807, 2.05) is 31.7 Å². The highest BCUT2D eigenvalue weighted by molar-refractivity contribution is 7.89. The highest BCUT2D eigenvalue weighted by Gasteiger charge is 2.44. The molecule has 0 radical (unpaired) electrons. The van der Waals surface area contributed by atoms with Gasteiger partial charge in [0.05, 0.1) is 6.04 Å². The molecule has 0 spiro atoms. The quantitative estimate of drug-likeness (QED) is 0.713. The highest BCUT2D eigenvalue weighted by atomic mass is 32.2. The molecule has 31 heavy (non-hydrogen) atoms. The van der Waals surface area contributed by atoms with Crippen molar-refractivity contribution in [3.63, 3.8) is 0 Å². The largest absolute Gasteiger partial charge is 0.487 e. The summed E-state index contributed by atoms with van der Waals surface area (Å²) in [4.78, 5) is 19.1. The Morgan fingerprint density at radius 2 is 1.87 bits per heavy atom. The van der Waals surface area contributed by atoms with Crippen molar-refractivity contribution >= 4 is 15.9 Å². The molecule has 2 aliphatic rings. The van der Waals surface area contributed by atoms with Gasteiger partial charge < -0.3 is 9.64 Å². The predicted molar refractivity (Wildman–Crippen MR) is 117 cm³/mol. The van der Waals surface area contributed by atoms with E-state index >= 15 is 0 Å². The monoisotopic (exact) mass is 443 g/mol. The number of amides is 1. The normalized spacial score (nSPS) is 23.6. The lowest BCUT2D eigenvalue weighted by Crippen LogP contribution is -2.46. The third kappa shape index (κ3) is 4.32. The van der Waals surface area contributed by atoms with Crippen molar-refractivity contribution in [3.05, 3.63) is 54.4 Å². The van der Waals surface area contributed by atoms with Crippen molar-refractivity contribution < 1.29 is 17.9 Å². The Bertz CT molecular complexity index is 1050. The van der Waals surface area contributed by atoms with Crippen LogP contribution in [0.1, 0.15) is 39.2 Å². The maximum Gasteiger partial charge on any atom is 0.247 e. The van der Waals surface area contributed by atoms with E-state index in [-0.39, 0.29) is 29.5 Å². The van der Waals surface area contributed by atoms with E-state index in [1.165, 1.54) is 0 Å². The maximum atomic E-state index is 13.7. The number of fused-ring (bicyclic) bond motifs is 2. The molecule has 1 amide bonds. The molecule has 1 saturated heterocycles. The molecular formula is C23H29N3O4S. The number of rotatable bonds is 2. The van der Waals surface area contributed by atoms with Crippen LogP contribution in [-0.4, -0.2) is 53.7 Å². The van der Waals surface area contributed by atoms with E-state index in [9.17, 15) is 13.2 Å². The molecule has 2 atom stereocenters. The topological polar surface area (TPSA) is 79.8 Å². The smallest absolute Gasteiger partial charge is 0.247 e. The third-order valence-corrected chi connectivity index (χ3v) is 7.79. The van der Waals surface area contributed by atoms with Gasteiger partial charge in [-0.05, 0) is 30.2 Å². The molecule has 7 nitrogen and oxygen atoms in total. The summed E-state index contributed by atoms with van der Waals surface area (Å²) < 4.78 is 35.3. The SMILES string of the molecule is CC(C)(C)C(=O)N1CC[C@@H]2Oc3ccccc3S(=O)(=O)N(Cc3cccnc3)[C@H]2CC1. The lowest BCUT2D eigenvalue weighted by atomic mass is 9.94. The fraction of sp³-hybridized carbons (Fsp3) is 0.478. The number of aromatic nitrogens is 1. The van der Waals surface area contributed by atoms with Gasteiger partial charge >= 0.3 is 0 Å². The molecule has 2 aliphatic heterocycles. The van der Waals surface area contributed by atoms with E-state index in [0.29, 0.717) is 31.7 Å². The number of pyridine rings is 1.